The number of hydrogen-bond donors (Lipinski definition) is 2. The van der Waals surface area contributed by atoms with E-state index in [1.165, 1.54) is 14.1 Å². The summed E-state index contributed by atoms with van der Waals surface area (Å²) in [6.07, 6.45) is 3.61. The van der Waals surface area contributed by atoms with Gasteiger partial charge in [0, 0.05) is 33.0 Å². The van der Waals surface area contributed by atoms with Crippen molar-refractivity contribution in [3.63, 3.8) is 0 Å². The molecule has 3 rings (SSSR count). The molecule has 3 N–H and O–H groups in total. The van der Waals surface area contributed by atoms with Crippen LogP contribution < -0.4 is 22.3 Å². The van der Waals surface area contributed by atoms with Gasteiger partial charge in [-0.25, -0.2) is 4.79 Å². The van der Waals surface area contributed by atoms with Crippen molar-refractivity contribution >= 4 is 11.6 Å². The fraction of sp³-hybridized carbons (Fsp3) is 0.300. The molecule has 0 saturated carbocycles. The highest BCUT2D eigenvalue weighted by Gasteiger charge is 2.24. The van der Waals surface area contributed by atoms with E-state index in [4.69, 9.17) is 5.73 Å². The Morgan fingerprint density at radius 2 is 1.83 bits per heavy atom. The van der Waals surface area contributed by atoms with Gasteiger partial charge in [0.15, 0.2) is 5.78 Å². The van der Waals surface area contributed by atoms with Crippen LogP contribution in [0.3, 0.4) is 0 Å². The predicted molar refractivity (Wildman–Crippen MR) is 110 cm³/mol. The Balaban J connectivity index is 1.79. The van der Waals surface area contributed by atoms with Crippen LogP contribution in [0.15, 0.2) is 52.3 Å². The summed E-state index contributed by atoms with van der Waals surface area (Å²) in [7, 11) is 2.75. The second kappa shape index (κ2) is 8.27. The number of hydrogen-bond acceptors (Lipinski definition) is 6. The summed E-state index contributed by atoms with van der Waals surface area (Å²) >= 11 is 0. The molecule has 0 radical (unpaired) electrons. The van der Waals surface area contributed by atoms with Crippen LogP contribution >= 0.6 is 0 Å². The monoisotopic (exact) mass is 396 g/mol. The van der Waals surface area contributed by atoms with Crippen LogP contribution in [0.5, 0.6) is 0 Å². The highest BCUT2D eigenvalue weighted by atomic mass is 16.2. The first-order valence-corrected chi connectivity index (χ1v) is 9.18. The Kier molecular flexibility index (Phi) is 5.79. The maximum absolute atomic E-state index is 12.9. The Hall–Kier alpha value is -3.46. The first-order valence-electron chi connectivity index (χ1n) is 9.18. The van der Waals surface area contributed by atoms with Gasteiger partial charge in [-0.2, -0.15) is 5.10 Å². The number of nitrogen functional groups attached to an aromatic ring is 1. The molecule has 0 fully saturated rings. The molecule has 0 bridgehead atoms. The largest absolute Gasteiger partial charge is 0.384 e. The number of nitrogens with two attached hydrogens (primary N) is 1. The maximum Gasteiger partial charge on any atom is 0.332 e. The van der Waals surface area contributed by atoms with Gasteiger partial charge in [0.25, 0.3) is 5.56 Å². The highest BCUT2D eigenvalue weighted by Crippen LogP contribution is 2.12. The summed E-state index contributed by atoms with van der Waals surface area (Å²) in [5.41, 5.74) is 6.53. The first-order chi connectivity index (χ1) is 13.8. The van der Waals surface area contributed by atoms with E-state index < -0.39 is 23.1 Å². The number of Topliss-reactive ketones (excluding diaryl/α,β-unsaturated/α-hetero) is 1. The minimum atomic E-state index is -0.691. The molecule has 0 amide bonds. The van der Waals surface area contributed by atoms with E-state index in [0.29, 0.717) is 13.1 Å². The molecule has 29 heavy (non-hydrogen) atoms. The van der Waals surface area contributed by atoms with Crippen LogP contribution in [0, 0.1) is 0 Å². The molecule has 9 heteroatoms. The molecule has 0 aliphatic carbocycles. The Morgan fingerprint density at radius 3 is 2.48 bits per heavy atom. The Labute approximate surface area is 167 Å². The molecule has 0 saturated heterocycles. The average molecular weight is 396 g/mol. The lowest BCUT2D eigenvalue weighted by Crippen LogP contribution is -2.45. The molecule has 2 aromatic heterocycles. The molecule has 152 valence electrons. The SMILES string of the molecule is C[C@H](NCc1ccccc1Cn1cccn1)C(=O)c1c(N)n(C)c(=O)n(C)c1=O. The van der Waals surface area contributed by atoms with Gasteiger partial charge in [-0.1, -0.05) is 24.3 Å². The summed E-state index contributed by atoms with van der Waals surface area (Å²) in [4.78, 5) is 37.3. The van der Waals surface area contributed by atoms with Crippen molar-refractivity contribution in [3.05, 3.63) is 80.3 Å². The van der Waals surface area contributed by atoms with Crippen molar-refractivity contribution in [2.75, 3.05) is 5.73 Å². The smallest absolute Gasteiger partial charge is 0.332 e. The lowest BCUT2D eigenvalue weighted by atomic mass is 10.0. The summed E-state index contributed by atoms with van der Waals surface area (Å²) in [6, 6.07) is 9.05. The van der Waals surface area contributed by atoms with E-state index in [9.17, 15) is 14.4 Å². The van der Waals surface area contributed by atoms with Gasteiger partial charge in [0.05, 0.1) is 12.6 Å². The molecule has 1 aromatic carbocycles. The molecule has 0 spiro atoms. The van der Waals surface area contributed by atoms with Crippen LogP contribution in [-0.4, -0.2) is 30.7 Å². The lowest BCUT2D eigenvalue weighted by molar-refractivity contribution is 0.0948. The van der Waals surface area contributed by atoms with Crippen molar-refractivity contribution in [1.29, 1.82) is 0 Å². The average Bonchev–Trinajstić information content (AvgIpc) is 3.23. The van der Waals surface area contributed by atoms with Crippen molar-refractivity contribution in [3.8, 4) is 0 Å². The van der Waals surface area contributed by atoms with E-state index in [1.54, 1.807) is 13.1 Å². The van der Waals surface area contributed by atoms with E-state index in [-0.39, 0.29) is 11.4 Å². The summed E-state index contributed by atoms with van der Waals surface area (Å²) < 4.78 is 3.80. The van der Waals surface area contributed by atoms with Gasteiger partial charge < -0.3 is 11.1 Å². The third-order valence-corrected chi connectivity index (χ3v) is 4.96. The molecule has 0 aliphatic rings. The van der Waals surface area contributed by atoms with Crippen LogP contribution in [-0.2, 0) is 27.2 Å². The van der Waals surface area contributed by atoms with Crippen molar-refractivity contribution < 1.29 is 4.79 Å². The highest BCUT2D eigenvalue weighted by molar-refractivity contribution is 6.03. The number of nitrogens with one attached hydrogen (secondary N) is 1. The van der Waals surface area contributed by atoms with Crippen molar-refractivity contribution in [2.45, 2.75) is 26.1 Å². The molecule has 3 aromatic rings. The molecule has 1 atom stereocenters. The number of aromatic nitrogens is 4. The zero-order valence-corrected chi connectivity index (χ0v) is 16.6. The van der Waals surface area contributed by atoms with Gasteiger partial charge in [0.1, 0.15) is 11.4 Å². The normalized spacial score (nSPS) is 12.1. The maximum atomic E-state index is 12.9. The molecular formula is C20H24N6O3. The predicted octanol–water partition coefficient (Wildman–Crippen LogP) is 0.272. The Morgan fingerprint density at radius 1 is 1.14 bits per heavy atom. The summed E-state index contributed by atoms with van der Waals surface area (Å²) in [5, 5.41) is 7.38. The molecule has 0 unspecified atom stereocenters. The summed E-state index contributed by atoms with van der Waals surface area (Å²) in [5.74, 6) is -0.584. The zero-order valence-electron chi connectivity index (χ0n) is 16.6. The second-order valence-corrected chi connectivity index (χ2v) is 6.91. The third kappa shape index (κ3) is 4.04. The van der Waals surface area contributed by atoms with E-state index >= 15 is 0 Å². The van der Waals surface area contributed by atoms with Gasteiger partial charge in [-0.05, 0) is 24.1 Å². The van der Waals surface area contributed by atoms with Crippen molar-refractivity contribution in [2.24, 2.45) is 14.1 Å². The number of anilines is 1. The fourth-order valence-electron chi connectivity index (χ4n) is 3.12. The minimum absolute atomic E-state index is 0.129. The quantitative estimate of drug-likeness (QED) is 0.554. The van der Waals surface area contributed by atoms with Gasteiger partial charge >= 0.3 is 5.69 Å². The van der Waals surface area contributed by atoms with Gasteiger partial charge in [0.2, 0.25) is 0 Å². The standard InChI is InChI=1S/C20H24N6O3/c1-13(17(27)16-18(21)24(2)20(29)25(3)19(16)28)22-11-14-7-4-5-8-15(14)12-26-10-6-9-23-26/h4-10,13,22H,11-12,21H2,1-3H3/t13-/m0/s1. The number of carbonyl (C=O) groups is 1. The van der Waals surface area contributed by atoms with Gasteiger partial charge in [-0.3, -0.25) is 23.4 Å². The van der Waals surface area contributed by atoms with Crippen molar-refractivity contribution in [1.82, 2.24) is 24.2 Å². The third-order valence-electron chi connectivity index (χ3n) is 4.96. The fourth-order valence-corrected chi connectivity index (χ4v) is 3.12. The van der Waals surface area contributed by atoms with E-state index in [2.05, 4.69) is 10.4 Å². The first kappa shape index (κ1) is 20.3. The topological polar surface area (TPSA) is 117 Å². The lowest BCUT2D eigenvalue weighted by Gasteiger charge is -2.17. The number of rotatable bonds is 7. The molecule has 2 heterocycles. The van der Waals surface area contributed by atoms with E-state index in [0.717, 1.165) is 20.3 Å². The van der Waals surface area contributed by atoms with Gasteiger partial charge in [-0.15, -0.1) is 0 Å². The number of ketones is 1. The van der Waals surface area contributed by atoms with Crippen LogP contribution in [0.1, 0.15) is 28.4 Å². The minimum Gasteiger partial charge on any atom is -0.384 e. The molecular weight excluding hydrogens is 372 g/mol. The number of carbonyl (C=O) groups excluding carboxylic acids is 1. The Bertz CT molecular complexity index is 1140. The molecule has 9 nitrogen and oxygen atoms in total. The van der Waals surface area contributed by atoms with E-state index in [1.807, 2.05) is 41.2 Å². The second-order valence-electron chi connectivity index (χ2n) is 6.91. The van der Waals surface area contributed by atoms with Crippen LogP contribution in [0.2, 0.25) is 0 Å². The number of benzene rings is 1. The molecule has 0 aliphatic heterocycles. The number of nitrogens with zero attached hydrogens (tertiary/aromatic N) is 4. The zero-order chi connectivity index (χ0) is 21.1. The van der Waals surface area contributed by atoms with Crippen LogP contribution in [0.4, 0.5) is 5.82 Å². The summed E-state index contributed by atoms with van der Waals surface area (Å²) in [6.45, 7) is 2.71. The van der Waals surface area contributed by atoms with Crippen LogP contribution in [0.25, 0.3) is 0 Å².